The third-order valence-corrected chi connectivity index (χ3v) is 3.48. The highest BCUT2D eigenvalue weighted by Crippen LogP contribution is 2.18. The van der Waals surface area contributed by atoms with Gasteiger partial charge in [-0.15, -0.1) is 0 Å². The molecule has 0 heterocycles. The molecule has 0 saturated heterocycles. The third kappa shape index (κ3) is 4.84. The van der Waals surface area contributed by atoms with Gasteiger partial charge in [0.25, 0.3) is 5.91 Å². The predicted molar refractivity (Wildman–Crippen MR) is 92.7 cm³/mol. The first-order valence-corrected chi connectivity index (χ1v) is 7.84. The number of carbonyl (C=O) groups is 2. The maximum absolute atomic E-state index is 12.3. The molecule has 2 N–H and O–H groups in total. The summed E-state index contributed by atoms with van der Waals surface area (Å²) in [6.07, 6.45) is 0.977. The van der Waals surface area contributed by atoms with E-state index in [1.807, 2.05) is 0 Å². The number of nitrogens with one attached hydrogen (secondary N) is 1. The molecule has 24 heavy (non-hydrogen) atoms. The summed E-state index contributed by atoms with van der Waals surface area (Å²) in [5.41, 5.74) is 0.683. The molecular formula is C19H21NO4. The number of amides is 1. The molecule has 0 spiro atoms. The summed E-state index contributed by atoms with van der Waals surface area (Å²) >= 11 is 0. The van der Waals surface area contributed by atoms with E-state index in [9.17, 15) is 9.59 Å². The van der Waals surface area contributed by atoms with E-state index in [1.54, 1.807) is 36.4 Å². The minimum Gasteiger partial charge on any atom is -0.494 e. The number of benzene rings is 2. The van der Waals surface area contributed by atoms with Crippen LogP contribution in [0.25, 0.3) is 0 Å². The van der Waals surface area contributed by atoms with Crippen molar-refractivity contribution in [1.29, 1.82) is 0 Å². The molecule has 0 unspecified atom stereocenters. The van der Waals surface area contributed by atoms with E-state index in [2.05, 4.69) is 19.2 Å². The Morgan fingerprint density at radius 1 is 1.04 bits per heavy atom. The average Bonchev–Trinajstić information content (AvgIpc) is 2.56. The zero-order chi connectivity index (χ0) is 17.5. The molecule has 0 fully saturated rings. The Labute approximate surface area is 141 Å². The molecule has 0 aromatic heterocycles. The van der Waals surface area contributed by atoms with Gasteiger partial charge >= 0.3 is 5.97 Å². The monoisotopic (exact) mass is 327 g/mol. The topological polar surface area (TPSA) is 75.6 Å². The minimum absolute atomic E-state index is 0.0244. The van der Waals surface area contributed by atoms with Crippen LogP contribution in [0.4, 0.5) is 5.69 Å². The molecule has 2 aromatic carbocycles. The van der Waals surface area contributed by atoms with Crippen LogP contribution in [0.15, 0.2) is 48.5 Å². The summed E-state index contributed by atoms with van der Waals surface area (Å²) < 4.78 is 5.62. The zero-order valence-corrected chi connectivity index (χ0v) is 13.8. The minimum atomic E-state index is -1.13. The molecule has 126 valence electrons. The SMILES string of the molecule is CC(C)CCOc1ccc(NC(=O)c2ccccc2C(=O)O)cc1. The number of aromatic carboxylic acids is 1. The molecule has 5 nitrogen and oxygen atoms in total. The van der Waals surface area contributed by atoms with E-state index in [0.717, 1.165) is 12.2 Å². The molecule has 1 amide bonds. The molecule has 0 saturated carbocycles. The van der Waals surface area contributed by atoms with Crippen LogP contribution >= 0.6 is 0 Å². The maximum Gasteiger partial charge on any atom is 0.336 e. The number of carbonyl (C=O) groups excluding carboxylic acids is 1. The zero-order valence-electron chi connectivity index (χ0n) is 13.8. The van der Waals surface area contributed by atoms with Crippen LogP contribution in [0.1, 0.15) is 41.0 Å². The number of carboxylic acid groups (broad SMARTS) is 1. The lowest BCUT2D eigenvalue weighted by molar-refractivity contribution is 0.0692. The van der Waals surface area contributed by atoms with Crippen LogP contribution in [0.2, 0.25) is 0 Å². The third-order valence-electron chi connectivity index (χ3n) is 3.48. The van der Waals surface area contributed by atoms with E-state index in [0.29, 0.717) is 18.2 Å². The molecular weight excluding hydrogens is 306 g/mol. The summed E-state index contributed by atoms with van der Waals surface area (Å²) in [7, 11) is 0. The van der Waals surface area contributed by atoms with Crippen molar-refractivity contribution in [1.82, 2.24) is 0 Å². The first-order valence-electron chi connectivity index (χ1n) is 7.84. The number of ether oxygens (including phenoxy) is 1. The Morgan fingerprint density at radius 2 is 1.67 bits per heavy atom. The van der Waals surface area contributed by atoms with Gasteiger partial charge in [-0.1, -0.05) is 26.0 Å². The molecule has 2 rings (SSSR count). The molecule has 0 aliphatic rings. The van der Waals surface area contributed by atoms with Crippen LogP contribution in [0.5, 0.6) is 5.75 Å². The van der Waals surface area contributed by atoms with Gasteiger partial charge in [-0.2, -0.15) is 0 Å². The van der Waals surface area contributed by atoms with Crippen molar-refractivity contribution in [3.05, 3.63) is 59.7 Å². The Kier molecular flexibility index (Phi) is 5.95. The summed E-state index contributed by atoms with van der Waals surface area (Å²) in [5, 5.41) is 11.8. The van der Waals surface area contributed by atoms with Gasteiger partial charge in [0.1, 0.15) is 5.75 Å². The van der Waals surface area contributed by atoms with Crippen LogP contribution in [-0.2, 0) is 0 Å². The number of anilines is 1. The van der Waals surface area contributed by atoms with Crippen molar-refractivity contribution >= 4 is 17.6 Å². The Hall–Kier alpha value is -2.82. The summed E-state index contributed by atoms with van der Waals surface area (Å²) in [4.78, 5) is 23.4. The van der Waals surface area contributed by atoms with E-state index >= 15 is 0 Å². The first kappa shape index (κ1) is 17.5. The van der Waals surface area contributed by atoms with Crippen molar-refractivity contribution in [2.45, 2.75) is 20.3 Å². The van der Waals surface area contributed by atoms with Crippen LogP contribution in [-0.4, -0.2) is 23.6 Å². The molecule has 0 atom stereocenters. The fourth-order valence-electron chi connectivity index (χ4n) is 2.11. The van der Waals surface area contributed by atoms with Crippen molar-refractivity contribution in [3.8, 4) is 5.75 Å². The van der Waals surface area contributed by atoms with Crippen LogP contribution in [0.3, 0.4) is 0 Å². The molecule has 2 aromatic rings. The van der Waals surface area contributed by atoms with E-state index in [-0.39, 0.29) is 11.1 Å². The molecule has 0 radical (unpaired) electrons. The number of carboxylic acids is 1. The van der Waals surface area contributed by atoms with Gasteiger partial charge in [0.15, 0.2) is 0 Å². The lowest BCUT2D eigenvalue weighted by atomic mass is 10.1. The van der Waals surface area contributed by atoms with Crippen LogP contribution < -0.4 is 10.1 Å². The van der Waals surface area contributed by atoms with Crippen molar-refractivity contribution in [3.63, 3.8) is 0 Å². The maximum atomic E-state index is 12.3. The molecule has 0 aliphatic heterocycles. The van der Waals surface area contributed by atoms with Gasteiger partial charge in [-0.25, -0.2) is 4.79 Å². The van der Waals surface area contributed by atoms with Gasteiger partial charge in [0.05, 0.1) is 17.7 Å². The van der Waals surface area contributed by atoms with E-state index in [4.69, 9.17) is 9.84 Å². The average molecular weight is 327 g/mol. The standard InChI is InChI=1S/C19H21NO4/c1-13(2)11-12-24-15-9-7-14(8-10-15)20-18(21)16-5-3-4-6-17(16)19(22)23/h3-10,13H,11-12H2,1-2H3,(H,20,21)(H,22,23). The lowest BCUT2D eigenvalue weighted by Crippen LogP contribution is -2.16. The van der Waals surface area contributed by atoms with Crippen molar-refractivity contribution in [2.75, 3.05) is 11.9 Å². The fraction of sp³-hybridized carbons (Fsp3) is 0.263. The number of hydrogen-bond acceptors (Lipinski definition) is 3. The Morgan fingerprint density at radius 3 is 2.25 bits per heavy atom. The Balaban J connectivity index is 2.01. The molecule has 0 bridgehead atoms. The van der Waals surface area contributed by atoms with E-state index < -0.39 is 11.9 Å². The smallest absolute Gasteiger partial charge is 0.336 e. The second-order valence-electron chi connectivity index (χ2n) is 5.86. The Bertz CT molecular complexity index is 708. The highest BCUT2D eigenvalue weighted by Gasteiger charge is 2.15. The van der Waals surface area contributed by atoms with Gasteiger partial charge in [-0.05, 0) is 48.7 Å². The van der Waals surface area contributed by atoms with Gasteiger partial charge in [0.2, 0.25) is 0 Å². The highest BCUT2D eigenvalue weighted by atomic mass is 16.5. The summed E-state index contributed by atoms with van der Waals surface area (Å²) in [6.45, 7) is 4.92. The highest BCUT2D eigenvalue weighted by molar-refractivity contribution is 6.10. The van der Waals surface area contributed by atoms with Crippen molar-refractivity contribution < 1.29 is 19.4 Å². The second kappa shape index (κ2) is 8.15. The summed E-state index contributed by atoms with van der Waals surface area (Å²) in [5.74, 6) is -0.270. The second-order valence-corrected chi connectivity index (χ2v) is 5.86. The first-order chi connectivity index (χ1) is 11.5. The van der Waals surface area contributed by atoms with E-state index in [1.165, 1.54) is 12.1 Å². The van der Waals surface area contributed by atoms with Gasteiger partial charge in [-0.3, -0.25) is 4.79 Å². The number of hydrogen-bond donors (Lipinski definition) is 2. The molecule has 0 aliphatic carbocycles. The van der Waals surface area contributed by atoms with Gasteiger partial charge < -0.3 is 15.2 Å². The van der Waals surface area contributed by atoms with Gasteiger partial charge in [0, 0.05) is 5.69 Å². The van der Waals surface area contributed by atoms with Crippen molar-refractivity contribution in [2.24, 2.45) is 5.92 Å². The fourth-order valence-corrected chi connectivity index (χ4v) is 2.11. The normalized spacial score (nSPS) is 10.5. The summed E-state index contributed by atoms with van der Waals surface area (Å²) in [6, 6.07) is 13.1. The molecule has 5 heteroatoms. The quantitative estimate of drug-likeness (QED) is 0.804. The van der Waals surface area contributed by atoms with Crippen LogP contribution in [0, 0.1) is 5.92 Å². The largest absolute Gasteiger partial charge is 0.494 e. The predicted octanol–water partition coefficient (Wildman–Crippen LogP) is 4.06. The number of rotatable bonds is 7. The lowest BCUT2D eigenvalue weighted by Gasteiger charge is -2.10.